The lowest BCUT2D eigenvalue weighted by atomic mass is 10.0. The number of hydrogen-bond acceptors (Lipinski definition) is 5. The number of rotatable bonds is 4. The van der Waals surface area contributed by atoms with Crippen LogP contribution in [-0.4, -0.2) is 58.0 Å². The van der Waals surface area contributed by atoms with E-state index in [0.717, 1.165) is 55.7 Å². The van der Waals surface area contributed by atoms with Crippen LogP contribution < -0.4 is 5.73 Å². The minimum absolute atomic E-state index is 0.499. The Morgan fingerprint density at radius 1 is 1.04 bits per heavy atom. The van der Waals surface area contributed by atoms with Gasteiger partial charge in [0, 0.05) is 50.9 Å². The number of anilines is 1. The summed E-state index contributed by atoms with van der Waals surface area (Å²) in [5.74, 6) is 0.499. The lowest BCUT2D eigenvalue weighted by molar-refractivity contribution is 0.148. The lowest BCUT2D eigenvalue weighted by Gasteiger charge is -2.32. The second-order valence-electron chi connectivity index (χ2n) is 6.87. The molecule has 3 N–H and O–H groups in total. The van der Waals surface area contributed by atoms with Gasteiger partial charge in [-0.1, -0.05) is 24.3 Å². The zero-order chi connectivity index (χ0) is 17.2. The molecule has 6 nitrogen and oxygen atoms in total. The average Bonchev–Trinajstić information content (AvgIpc) is 3.03. The van der Waals surface area contributed by atoms with Crippen molar-refractivity contribution < 1.29 is 0 Å². The standard InChI is InChI=1S/C19H24N6/c1-24-6-8-25(9-7-24)12-15-4-2-14(3-5-15)10-16-11-21-18-17(16)22-13-23-19(18)20/h2-5,11,13,21H,6-10,12H2,1H3,(H2,20,22,23). The van der Waals surface area contributed by atoms with Crippen LogP contribution in [0.2, 0.25) is 0 Å². The first-order valence-electron chi connectivity index (χ1n) is 8.74. The van der Waals surface area contributed by atoms with Gasteiger partial charge in [0.2, 0.25) is 0 Å². The number of benzene rings is 1. The van der Waals surface area contributed by atoms with Crippen molar-refractivity contribution in [3.63, 3.8) is 0 Å². The molecule has 0 bridgehead atoms. The van der Waals surface area contributed by atoms with E-state index >= 15 is 0 Å². The number of hydrogen-bond donors (Lipinski definition) is 2. The van der Waals surface area contributed by atoms with Crippen LogP contribution in [0.1, 0.15) is 16.7 Å². The molecule has 1 aromatic carbocycles. The molecule has 1 aliphatic rings. The van der Waals surface area contributed by atoms with E-state index in [4.69, 9.17) is 5.73 Å². The summed E-state index contributed by atoms with van der Waals surface area (Å²) in [6, 6.07) is 8.92. The Balaban J connectivity index is 1.44. The van der Waals surface area contributed by atoms with Crippen molar-refractivity contribution in [3.8, 4) is 0 Å². The third-order valence-corrected chi connectivity index (χ3v) is 4.99. The molecule has 1 saturated heterocycles. The SMILES string of the molecule is CN1CCN(Cc2ccc(Cc3c[nH]c4c(N)ncnc34)cc2)CC1. The van der Waals surface area contributed by atoms with Gasteiger partial charge >= 0.3 is 0 Å². The van der Waals surface area contributed by atoms with Gasteiger partial charge < -0.3 is 15.6 Å². The van der Waals surface area contributed by atoms with E-state index in [1.165, 1.54) is 17.5 Å². The predicted molar refractivity (Wildman–Crippen MR) is 100 cm³/mol. The largest absolute Gasteiger partial charge is 0.382 e. The third-order valence-electron chi connectivity index (χ3n) is 4.99. The highest BCUT2D eigenvalue weighted by Crippen LogP contribution is 2.22. The molecule has 0 radical (unpaired) electrons. The molecule has 1 fully saturated rings. The molecule has 6 heteroatoms. The maximum absolute atomic E-state index is 5.89. The summed E-state index contributed by atoms with van der Waals surface area (Å²) >= 11 is 0. The summed E-state index contributed by atoms with van der Waals surface area (Å²) in [5, 5.41) is 0. The maximum atomic E-state index is 5.89. The number of nitrogens with two attached hydrogens (primary N) is 1. The highest BCUT2D eigenvalue weighted by atomic mass is 15.2. The van der Waals surface area contributed by atoms with Crippen LogP contribution in [0.3, 0.4) is 0 Å². The first kappa shape index (κ1) is 16.1. The van der Waals surface area contributed by atoms with E-state index in [-0.39, 0.29) is 0 Å². The quantitative estimate of drug-likeness (QED) is 0.761. The monoisotopic (exact) mass is 336 g/mol. The summed E-state index contributed by atoms with van der Waals surface area (Å²) in [7, 11) is 2.19. The predicted octanol–water partition coefficient (Wildman–Crippen LogP) is 1.88. The number of nitrogen functional groups attached to an aromatic ring is 1. The van der Waals surface area contributed by atoms with Gasteiger partial charge in [-0.05, 0) is 18.2 Å². The zero-order valence-electron chi connectivity index (χ0n) is 14.6. The Morgan fingerprint density at radius 3 is 2.52 bits per heavy atom. The van der Waals surface area contributed by atoms with E-state index in [0.29, 0.717) is 5.82 Å². The van der Waals surface area contributed by atoms with E-state index in [9.17, 15) is 0 Å². The van der Waals surface area contributed by atoms with Crippen LogP contribution >= 0.6 is 0 Å². The molecule has 3 aromatic rings. The Kier molecular flexibility index (Phi) is 4.38. The number of nitrogens with zero attached hydrogens (tertiary/aromatic N) is 4. The number of H-pyrrole nitrogens is 1. The van der Waals surface area contributed by atoms with Gasteiger partial charge in [-0.15, -0.1) is 0 Å². The summed E-state index contributed by atoms with van der Waals surface area (Å²) < 4.78 is 0. The van der Waals surface area contributed by atoms with Crippen molar-refractivity contribution in [2.45, 2.75) is 13.0 Å². The Morgan fingerprint density at radius 2 is 1.76 bits per heavy atom. The summed E-state index contributed by atoms with van der Waals surface area (Å²) in [6.45, 7) is 5.64. The highest BCUT2D eigenvalue weighted by Gasteiger charge is 2.14. The molecule has 0 amide bonds. The average molecular weight is 336 g/mol. The lowest BCUT2D eigenvalue weighted by Crippen LogP contribution is -2.43. The number of aromatic amines is 1. The van der Waals surface area contributed by atoms with Crippen LogP contribution in [0.5, 0.6) is 0 Å². The molecule has 1 aliphatic heterocycles. The van der Waals surface area contributed by atoms with Crippen LogP contribution in [0.15, 0.2) is 36.8 Å². The first-order valence-corrected chi connectivity index (χ1v) is 8.74. The van der Waals surface area contributed by atoms with E-state index in [1.807, 2.05) is 6.20 Å². The molecule has 0 unspecified atom stereocenters. The minimum atomic E-state index is 0.499. The Hall–Kier alpha value is -2.44. The number of nitrogens with one attached hydrogen (secondary N) is 1. The molecule has 0 aliphatic carbocycles. The molecule has 4 rings (SSSR count). The van der Waals surface area contributed by atoms with Gasteiger partial charge in [-0.2, -0.15) is 0 Å². The van der Waals surface area contributed by atoms with Crippen LogP contribution in [0.4, 0.5) is 5.82 Å². The topological polar surface area (TPSA) is 74.1 Å². The van der Waals surface area contributed by atoms with Crippen molar-refractivity contribution in [1.29, 1.82) is 0 Å². The number of likely N-dealkylation sites (N-methyl/N-ethyl adjacent to an activating group) is 1. The van der Waals surface area contributed by atoms with E-state index in [1.54, 1.807) is 0 Å². The van der Waals surface area contributed by atoms with Crippen molar-refractivity contribution in [3.05, 3.63) is 53.5 Å². The zero-order valence-corrected chi connectivity index (χ0v) is 14.6. The molecule has 2 aromatic heterocycles. The number of fused-ring (bicyclic) bond motifs is 1. The molecule has 130 valence electrons. The molecule has 0 saturated carbocycles. The van der Waals surface area contributed by atoms with Crippen LogP contribution in [-0.2, 0) is 13.0 Å². The van der Waals surface area contributed by atoms with Gasteiger partial charge in [-0.25, -0.2) is 9.97 Å². The van der Waals surface area contributed by atoms with Gasteiger partial charge in [-0.3, -0.25) is 4.90 Å². The molecule has 25 heavy (non-hydrogen) atoms. The fourth-order valence-electron chi connectivity index (χ4n) is 3.39. The van der Waals surface area contributed by atoms with Crippen molar-refractivity contribution in [2.24, 2.45) is 0 Å². The van der Waals surface area contributed by atoms with E-state index < -0.39 is 0 Å². The second kappa shape index (κ2) is 6.82. The molecule has 0 atom stereocenters. The minimum Gasteiger partial charge on any atom is -0.382 e. The molecule has 0 spiro atoms. The third kappa shape index (κ3) is 3.50. The fraction of sp³-hybridized carbons (Fsp3) is 0.368. The van der Waals surface area contributed by atoms with Gasteiger partial charge in [0.1, 0.15) is 11.8 Å². The van der Waals surface area contributed by atoms with Crippen molar-refractivity contribution >= 4 is 16.9 Å². The summed E-state index contributed by atoms with van der Waals surface area (Å²) in [5.41, 5.74) is 11.4. The number of aromatic nitrogens is 3. The van der Waals surface area contributed by atoms with Crippen LogP contribution in [0, 0.1) is 0 Å². The highest BCUT2D eigenvalue weighted by molar-refractivity contribution is 5.87. The normalized spacial score (nSPS) is 16.5. The van der Waals surface area contributed by atoms with Crippen molar-refractivity contribution in [2.75, 3.05) is 39.0 Å². The first-order chi connectivity index (χ1) is 12.2. The van der Waals surface area contributed by atoms with Gasteiger partial charge in [0.25, 0.3) is 0 Å². The Labute approximate surface area is 147 Å². The summed E-state index contributed by atoms with van der Waals surface area (Å²) in [4.78, 5) is 16.5. The van der Waals surface area contributed by atoms with Gasteiger partial charge in [0.05, 0.1) is 5.52 Å². The smallest absolute Gasteiger partial charge is 0.151 e. The second-order valence-corrected chi connectivity index (χ2v) is 6.87. The molecular weight excluding hydrogens is 312 g/mol. The summed E-state index contributed by atoms with van der Waals surface area (Å²) in [6.07, 6.45) is 4.34. The van der Waals surface area contributed by atoms with E-state index in [2.05, 4.69) is 56.1 Å². The molecular formula is C19H24N6. The Bertz CT molecular complexity index is 846. The van der Waals surface area contributed by atoms with Gasteiger partial charge in [0.15, 0.2) is 5.82 Å². The van der Waals surface area contributed by atoms with Crippen molar-refractivity contribution in [1.82, 2.24) is 24.8 Å². The fourth-order valence-corrected chi connectivity index (χ4v) is 3.39. The maximum Gasteiger partial charge on any atom is 0.151 e. The number of piperazine rings is 1. The molecule has 3 heterocycles. The van der Waals surface area contributed by atoms with Crippen LogP contribution in [0.25, 0.3) is 11.0 Å².